The highest BCUT2D eigenvalue weighted by atomic mass is 28.3. The SMILES string of the molecule is CC(CC[Si@](C)(c1ccccc1)c1cccc2ccccc12)C1=Cc2ccccc2C1. The van der Waals surface area contributed by atoms with E-state index >= 15 is 0 Å². The second-order valence-corrected chi connectivity index (χ2v) is 13.5. The van der Waals surface area contributed by atoms with Gasteiger partial charge in [-0.25, -0.2) is 0 Å². The molecule has 0 spiro atoms. The largest absolute Gasteiger partial charge is 0.116 e. The highest BCUT2D eigenvalue weighted by Crippen LogP contribution is 2.33. The molecule has 1 aliphatic rings. The van der Waals surface area contributed by atoms with E-state index in [1.165, 1.54) is 34.4 Å². The normalized spacial score (nSPS) is 15.9. The first-order valence-electron chi connectivity index (χ1n) is 11.5. The lowest BCUT2D eigenvalue weighted by atomic mass is 9.97. The van der Waals surface area contributed by atoms with Gasteiger partial charge in [-0.2, -0.15) is 0 Å². The fraction of sp³-hybridized carbons (Fsp3) is 0.200. The van der Waals surface area contributed by atoms with Crippen LogP contribution in [-0.2, 0) is 6.42 Å². The van der Waals surface area contributed by atoms with E-state index in [9.17, 15) is 0 Å². The Morgan fingerprint density at radius 3 is 2.32 bits per heavy atom. The van der Waals surface area contributed by atoms with Gasteiger partial charge in [0.1, 0.15) is 8.07 Å². The molecule has 0 saturated heterocycles. The molecule has 0 N–H and O–H groups in total. The van der Waals surface area contributed by atoms with E-state index in [2.05, 4.69) is 117 Å². The minimum atomic E-state index is -1.89. The van der Waals surface area contributed by atoms with E-state index in [1.807, 2.05) is 0 Å². The summed E-state index contributed by atoms with van der Waals surface area (Å²) < 4.78 is 0. The van der Waals surface area contributed by atoms with E-state index in [-0.39, 0.29) is 0 Å². The molecule has 0 heterocycles. The first kappa shape index (κ1) is 20.0. The van der Waals surface area contributed by atoms with Crippen LogP contribution in [0.5, 0.6) is 0 Å². The maximum absolute atomic E-state index is 2.58. The number of hydrogen-bond donors (Lipinski definition) is 0. The third kappa shape index (κ3) is 3.79. The summed E-state index contributed by atoms with van der Waals surface area (Å²) in [5.74, 6) is 0.609. The molecule has 5 rings (SSSR count). The molecule has 2 atom stereocenters. The van der Waals surface area contributed by atoms with Crippen molar-refractivity contribution in [2.24, 2.45) is 5.92 Å². The maximum Gasteiger partial charge on any atom is 0.116 e. The standard InChI is InChI=1S/C30H30Si/c1-23(27-21-25-12-6-7-13-26(25)22-27)19-20-31(2,28-15-4-3-5-16-28)30-18-10-14-24-11-8-9-17-29(24)30/h3-18,21,23H,19-20,22H2,1-2H3/t23?,31-/m1/s1. The summed E-state index contributed by atoms with van der Waals surface area (Å²) in [6.45, 7) is 5.01. The monoisotopic (exact) mass is 418 g/mol. The third-order valence-corrected chi connectivity index (χ3v) is 11.8. The quantitative estimate of drug-likeness (QED) is 0.306. The molecule has 0 radical (unpaired) electrons. The molecule has 0 amide bonds. The number of rotatable bonds is 6. The van der Waals surface area contributed by atoms with Crippen molar-refractivity contribution in [1.29, 1.82) is 0 Å². The average molecular weight is 419 g/mol. The molecule has 4 aromatic carbocycles. The van der Waals surface area contributed by atoms with Crippen molar-refractivity contribution < 1.29 is 0 Å². The first-order chi connectivity index (χ1) is 15.1. The third-order valence-electron chi connectivity index (χ3n) is 7.30. The summed E-state index contributed by atoms with van der Waals surface area (Å²) >= 11 is 0. The molecule has 31 heavy (non-hydrogen) atoms. The zero-order valence-electron chi connectivity index (χ0n) is 18.5. The molecular formula is C30H30Si. The summed E-state index contributed by atoms with van der Waals surface area (Å²) in [7, 11) is -1.89. The van der Waals surface area contributed by atoms with Gasteiger partial charge < -0.3 is 0 Å². The second-order valence-electron chi connectivity index (χ2n) is 9.26. The highest BCUT2D eigenvalue weighted by molar-refractivity contribution is 7.02. The predicted molar refractivity (Wildman–Crippen MR) is 138 cm³/mol. The number of allylic oxidation sites excluding steroid dienone is 1. The molecule has 1 aliphatic carbocycles. The lowest BCUT2D eigenvalue weighted by Gasteiger charge is -2.31. The molecule has 0 saturated carbocycles. The minimum absolute atomic E-state index is 0.609. The van der Waals surface area contributed by atoms with Crippen molar-refractivity contribution in [3.8, 4) is 0 Å². The van der Waals surface area contributed by atoms with Crippen LogP contribution in [-0.4, -0.2) is 8.07 Å². The van der Waals surface area contributed by atoms with Crippen LogP contribution < -0.4 is 10.4 Å². The van der Waals surface area contributed by atoms with E-state index in [4.69, 9.17) is 0 Å². The molecule has 4 aromatic rings. The molecule has 1 unspecified atom stereocenters. The highest BCUT2D eigenvalue weighted by Gasteiger charge is 2.33. The molecule has 0 aromatic heterocycles. The van der Waals surface area contributed by atoms with Gasteiger partial charge in [0, 0.05) is 0 Å². The van der Waals surface area contributed by atoms with E-state index in [1.54, 1.807) is 15.9 Å². The van der Waals surface area contributed by atoms with E-state index in [0.29, 0.717) is 5.92 Å². The van der Waals surface area contributed by atoms with Crippen LogP contribution in [0.1, 0.15) is 24.5 Å². The van der Waals surface area contributed by atoms with Crippen molar-refractivity contribution in [2.45, 2.75) is 32.4 Å². The zero-order valence-corrected chi connectivity index (χ0v) is 19.5. The van der Waals surface area contributed by atoms with Crippen LogP contribution in [0, 0.1) is 5.92 Å². The summed E-state index contributed by atoms with van der Waals surface area (Å²) in [4.78, 5) is 0. The van der Waals surface area contributed by atoms with Gasteiger partial charge in [-0.05, 0) is 51.9 Å². The Morgan fingerprint density at radius 2 is 1.48 bits per heavy atom. The lowest BCUT2D eigenvalue weighted by molar-refractivity contribution is 0.643. The molecule has 0 bridgehead atoms. The number of fused-ring (bicyclic) bond motifs is 2. The van der Waals surface area contributed by atoms with Crippen molar-refractivity contribution in [3.63, 3.8) is 0 Å². The van der Waals surface area contributed by atoms with Crippen LogP contribution in [0.4, 0.5) is 0 Å². The van der Waals surface area contributed by atoms with Gasteiger partial charge in [0.15, 0.2) is 0 Å². The van der Waals surface area contributed by atoms with Crippen LogP contribution in [0.15, 0.2) is 103 Å². The van der Waals surface area contributed by atoms with Gasteiger partial charge in [-0.15, -0.1) is 0 Å². The van der Waals surface area contributed by atoms with Gasteiger partial charge in [-0.3, -0.25) is 0 Å². The Labute approximate surface area is 187 Å². The average Bonchev–Trinajstić information content (AvgIpc) is 3.27. The Bertz CT molecular complexity index is 1230. The fourth-order valence-electron chi connectivity index (χ4n) is 5.26. The topological polar surface area (TPSA) is 0 Å². The van der Waals surface area contributed by atoms with Gasteiger partial charge in [0.2, 0.25) is 0 Å². The van der Waals surface area contributed by atoms with Crippen molar-refractivity contribution >= 4 is 35.3 Å². The molecule has 0 fully saturated rings. The van der Waals surface area contributed by atoms with Crippen LogP contribution in [0.2, 0.25) is 12.6 Å². The molecular weight excluding hydrogens is 388 g/mol. The summed E-state index contributed by atoms with van der Waals surface area (Å²) in [6.07, 6.45) is 4.80. The van der Waals surface area contributed by atoms with Gasteiger partial charge >= 0.3 is 0 Å². The number of hydrogen-bond acceptors (Lipinski definition) is 0. The molecule has 154 valence electrons. The second kappa shape index (κ2) is 8.32. The Morgan fingerprint density at radius 1 is 0.774 bits per heavy atom. The zero-order chi connectivity index (χ0) is 21.3. The minimum Gasteiger partial charge on any atom is -0.0626 e. The molecule has 0 nitrogen and oxygen atoms in total. The van der Waals surface area contributed by atoms with Crippen LogP contribution in [0.3, 0.4) is 0 Å². The summed E-state index contributed by atoms with van der Waals surface area (Å²) in [5.41, 5.74) is 4.51. The lowest BCUT2D eigenvalue weighted by Crippen LogP contribution is -2.55. The van der Waals surface area contributed by atoms with Gasteiger partial charge in [0.05, 0.1) is 0 Å². The van der Waals surface area contributed by atoms with Crippen molar-refractivity contribution in [2.75, 3.05) is 0 Å². The predicted octanol–water partition coefficient (Wildman–Crippen LogP) is 6.70. The summed E-state index contributed by atoms with van der Waals surface area (Å²) in [6, 6.07) is 37.2. The smallest absolute Gasteiger partial charge is 0.0626 e. The Balaban J connectivity index is 1.48. The van der Waals surface area contributed by atoms with Gasteiger partial charge in [-0.1, -0.05) is 127 Å². The van der Waals surface area contributed by atoms with E-state index < -0.39 is 8.07 Å². The van der Waals surface area contributed by atoms with Crippen LogP contribution in [0.25, 0.3) is 16.8 Å². The molecule has 0 aliphatic heterocycles. The maximum atomic E-state index is 2.58. The fourth-order valence-corrected chi connectivity index (χ4v) is 9.35. The van der Waals surface area contributed by atoms with Crippen molar-refractivity contribution in [3.05, 3.63) is 114 Å². The van der Waals surface area contributed by atoms with Crippen LogP contribution >= 0.6 is 0 Å². The summed E-state index contributed by atoms with van der Waals surface area (Å²) in [5, 5.41) is 5.91. The Kier molecular flexibility index (Phi) is 5.37. The van der Waals surface area contributed by atoms with E-state index in [0.717, 1.165) is 6.42 Å². The van der Waals surface area contributed by atoms with Crippen molar-refractivity contribution in [1.82, 2.24) is 0 Å². The van der Waals surface area contributed by atoms with Gasteiger partial charge in [0.25, 0.3) is 0 Å². The number of benzene rings is 4. The first-order valence-corrected chi connectivity index (χ1v) is 14.2. The Hall–Kier alpha value is -2.90. The molecule has 1 heteroatoms.